The summed E-state index contributed by atoms with van der Waals surface area (Å²) in [6.45, 7) is 0.324. The van der Waals surface area contributed by atoms with Crippen LogP contribution in [0, 0.1) is 5.82 Å². The second-order valence-electron chi connectivity index (χ2n) is 6.06. The number of carbonyl (C=O) groups is 1. The third kappa shape index (κ3) is 3.39. The number of amides is 1. The molecule has 0 radical (unpaired) electrons. The van der Waals surface area contributed by atoms with Gasteiger partial charge in [-0.25, -0.2) is 9.07 Å². The van der Waals surface area contributed by atoms with Gasteiger partial charge in [0.25, 0.3) is 5.91 Å². The zero-order valence-electron chi connectivity index (χ0n) is 13.3. The molecule has 1 saturated carbocycles. The molecule has 25 heavy (non-hydrogen) atoms. The Morgan fingerprint density at radius 1 is 1.40 bits per heavy atom. The Kier molecular flexibility index (Phi) is 3.96. The van der Waals surface area contributed by atoms with Crippen molar-refractivity contribution in [1.82, 2.24) is 30.2 Å². The van der Waals surface area contributed by atoms with E-state index in [-0.39, 0.29) is 17.5 Å². The van der Waals surface area contributed by atoms with Crippen molar-refractivity contribution >= 4 is 11.9 Å². The number of carbonyl (C=O) groups excluding carboxylic acids is 1. The summed E-state index contributed by atoms with van der Waals surface area (Å²) in [5, 5.41) is 17.2. The van der Waals surface area contributed by atoms with Crippen LogP contribution in [-0.4, -0.2) is 36.1 Å². The van der Waals surface area contributed by atoms with E-state index in [9.17, 15) is 9.18 Å². The topological polar surface area (TPSA) is 101 Å². The first-order valence-corrected chi connectivity index (χ1v) is 8.05. The van der Waals surface area contributed by atoms with Crippen molar-refractivity contribution in [2.75, 3.05) is 5.32 Å². The Balaban J connectivity index is 1.40. The van der Waals surface area contributed by atoms with E-state index >= 15 is 0 Å². The molecule has 3 aromatic rings. The van der Waals surface area contributed by atoms with Crippen LogP contribution in [0.4, 0.5) is 10.3 Å². The number of hydrogen-bond donors (Lipinski definition) is 2. The second-order valence-corrected chi connectivity index (χ2v) is 6.06. The maximum Gasteiger partial charge on any atom is 0.280 e. The molecule has 8 nitrogen and oxygen atoms in total. The minimum Gasteiger partial charge on any atom is -0.288 e. The van der Waals surface area contributed by atoms with Crippen molar-refractivity contribution in [1.29, 1.82) is 0 Å². The lowest BCUT2D eigenvalue weighted by atomic mass is 9.85. The van der Waals surface area contributed by atoms with Crippen molar-refractivity contribution in [3.63, 3.8) is 0 Å². The molecule has 0 aliphatic heterocycles. The van der Waals surface area contributed by atoms with E-state index in [1.807, 2.05) is 0 Å². The number of hydrogen-bond acceptors (Lipinski definition) is 5. The highest BCUT2D eigenvalue weighted by atomic mass is 19.1. The highest BCUT2D eigenvalue weighted by molar-refractivity contribution is 6.01. The molecule has 4 rings (SSSR count). The molecule has 1 aliphatic carbocycles. The average molecular weight is 341 g/mol. The summed E-state index contributed by atoms with van der Waals surface area (Å²) in [6.07, 6.45) is 4.88. The average Bonchev–Trinajstić information content (AvgIpc) is 3.16. The lowest BCUT2D eigenvalue weighted by Crippen LogP contribution is -2.14. The number of H-pyrrole nitrogens is 1. The highest BCUT2D eigenvalue weighted by Crippen LogP contribution is 2.34. The van der Waals surface area contributed by atoms with Gasteiger partial charge in [0.05, 0.1) is 12.7 Å². The SMILES string of the molecule is O=C(Nc1n[nH]c(C2CCC2)n1)c1cn(Cc2cccc(F)c2)nn1. The van der Waals surface area contributed by atoms with Gasteiger partial charge in [-0.1, -0.05) is 23.8 Å². The van der Waals surface area contributed by atoms with Crippen molar-refractivity contribution in [3.05, 3.63) is 53.4 Å². The van der Waals surface area contributed by atoms with E-state index in [1.54, 1.807) is 12.1 Å². The molecule has 128 valence electrons. The number of aromatic nitrogens is 6. The summed E-state index contributed by atoms with van der Waals surface area (Å²) in [7, 11) is 0. The normalized spacial score (nSPS) is 14.3. The maximum atomic E-state index is 13.2. The summed E-state index contributed by atoms with van der Waals surface area (Å²) >= 11 is 0. The zero-order valence-corrected chi connectivity index (χ0v) is 13.3. The van der Waals surface area contributed by atoms with Gasteiger partial charge in [-0.2, -0.15) is 4.98 Å². The van der Waals surface area contributed by atoms with Crippen molar-refractivity contribution in [2.45, 2.75) is 31.7 Å². The summed E-state index contributed by atoms with van der Waals surface area (Å²) in [5.41, 5.74) is 0.877. The molecular formula is C16H16FN7O. The number of anilines is 1. The van der Waals surface area contributed by atoms with Crippen LogP contribution < -0.4 is 5.32 Å². The van der Waals surface area contributed by atoms with Crippen LogP contribution >= 0.6 is 0 Å². The first-order chi connectivity index (χ1) is 12.2. The summed E-state index contributed by atoms with van der Waals surface area (Å²) in [6, 6.07) is 6.19. The molecule has 1 fully saturated rings. The number of aromatic amines is 1. The van der Waals surface area contributed by atoms with E-state index in [0.29, 0.717) is 12.5 Å². The van der Waals surface area contributed by atoms with Gasteiger partial charge in [0.15, 0.2) is 5.69 Å². The minimum absolute atomic E-state index is 0.145. The Labute approximate surface area is 142 Å². The Bertz CT molecular complexity index is 899. The van der Waals surface area contributed by atoms with Gasteiger partial charge < -0.3 is 0 Å². The quantitative estimate of drug-likeness (QED) is 0.740. The van der Waals surface area contributed by atoms with E-state index in [4.69, 9.17) is 0 Å². The molecule has 1 amide bonds. The van der Waals surface area contributed by atoms with Crippen LogP contribution in [0.3, 0.4) is 0 Å². The smallest absolute Gasteiger partial charge is 0.280 e. The third-order valence-electron chi connectivity index (χ3n) is 4.22. The number of nitrogens with one attached hydrogen (secondary N) is 2. The van der Waals surface area contributed by atoms with Gasteiger partial charge >= 0.3 is 0 Å². The highest BCUT2D eigenvalue weighted by Gasteiger charge is 2.23. The zero-order chi connectivity index (χ0) is 17.2. The predicted molar refractivity (Wildman–Crippen MR) is 86.5 cm³/mol. The van der Waals surface area contributed by atoms with Gasteiger partial charge in [-0.15, -0.1) is 10.2 Å². The number of halogens is 1. The van der Waals surface area contributed by atoms with Crippen molar-refractivity contribution in [2.24, 2.45) is 0 Å². The van der Waals surface area contributed by atoms with Gasteiger partial charge in [-0.05, 0) is 30.5 Å². The molecular weight excluding hydrogens is 325 g/mol. The number of rotatable bonds is 5. The molecule has 0 atom stereocenters. The molecule has 9 heteroatoms. The predicted octanol–water partition coefficient (Wildman–Crippen LogP) is 2.10. The Morgan fingerprint density at radius 3 is 3.04 bits per heavy atom. The monoisotopic (exact) mass is 341 g/mol. The molecule has 1 aliphatic rings. The van der Waals surface area contributed by atoms with Crippen LogP contribution in [0.5, 0.6) is 0 Å². The van der Waals surface area contributed by atoms with Gasteiger partial charge in [0, 0.05) is 5.92 Å². The number of benzene rings is 1. The van der Waals surface area contributed by atoms with Crippen molar-refractivity contribution in [3.8, 4) is 0 Å². The molecule has 0 unspecified atom stereocenters. The standard InChI is InChI=1S/C16H16FN7O/c17-12-6-1-3-10(7-12)8-24-9-13(20-23-24)15(25)19-16-18-14(21-22-16)11-4-2-5-11/h1,3,6-7,9,11H,2,4-5,8H2,(H2,18,19,21,22,25). The van der Waals surface area contributed by atoms with Crippen LogP contribution in [0.1, 0.15) is 47.1 Å². The first-order valence-electron chi connectivity index (χ1n) is 8.05. The fourth-order valence-electron chi connectivity index (χ4n) is 2.66. The van der Waals surface area contributed by atoms with Crippen LogP contribution in [0.2, 0.25) is 0 Å². The van der Waals surface area contributed by atoms with E-state index in [1.165, 1.54) is 29.4 Å². The van der Waals surface area contributed by atoms with Gasteiger partial charge in [-0.3, -0.25) is 15.2 Å². The molecule has 2 heterocycles. The van der Waals surface area contributed by atoms with E-state index in [2.05, 4.69) is 30.8 Å². The molecule has 1 aromatic carbocycles. The molecule has 0 bridgehead atoms. The maximum absolute atomic E-state index is 13.2. The molecule has 0 spiro atoms. The fraction of sp³-hybridized carbons (Fsp3) is 0.312. The summed E-state index contributed by atoms with van der Waals surface area (Å²) in [5.74, 6) is 0.681. The molecule has 2 N–H and O–H groups in total. The van der Waals surface area contributed by atoms with Crippen LogP contribution in [0.15, 0.2) is 30.5 Å². The lowest BCUT2D eigenvalue weighted by Gasteiger charge is -2.22. The third-order valence-corrected chi connectivity index (χ3v) is 4.22. The van der Waals surface area contributed by atoms with E-state index < -0.39 is 5.91 Å². The molecule has 0 saturated heterocycles. The fourth-order valence-corrected chi connectivity index (χ4v) is 2.66. The number of nitrogens with zero attached hydrogens (tertiary/aromatic N) is 5. The summed E-state index contributed by atoms with van der Waals surface area (Å²) < 4.78 is 14.7. The van der Waals surface area contributed by atoms with E-state index in [0.717, 1.165) is 24.2 Å². The summed E-state index contributed by atoms with van der Waals surface area (Å²) in [4.78, 5) is 16.5. The molecule has 2 aromatic heterocycles. The Hall–Kier alpha value is -3.10. The van der Waals surface area contributed by atoms with Gasteiger partial charge in [0.1, 0.15) is 11.6 Å². The largest absolute Gasteiger partial charge is 0.288 e. The second kappa shape index (κ2) is 6.42. The lowest BCUT2D eigenvalue weighted by molar-refractivity contribution is 0.102. The van der Waals surface area contributed by atoms with Crippen molar-refractivity contribution < 1.29 is 9.18 Å². The first kappa shape index (κ1) is 15.4. The minimum atomic E-state index is -0.440. The van der Waals surface area contributed by atoms with Crippen LogP contribution in [0.25, 0.3) is 0 Å². The Morgan fingerprint density at radius 2 is 2.28 bits per heavy atom. The van der Waals surface area contributed by atoms with Gasteiger partial charge in [0.2, 0.25) is 5.95 Å². The van der Waals surface area contributed by atoms with Crippen LogP contribution in [-0.2, 0) is 6.54 Å².